The first-order valence-corrected chi connectivity index (χ1v) is 12.9. The van der Waals surface area contributed by atoms with Crippen molar-refractivity contribution in [3.63, 3.8) is 0 Å². The minimum Gasteiger partial charge on any atom is -0.340 e. The van der Waals surface area contributed by atoms with E-state index in [0.29, 0.717) is 28.3 Å². The third-order valence-corrected chi connectivity index (χ3v) is 7.74. The third kappa shape index (κ3) is 3.75. The van der Waals surface area contributed by atoms with Gasteiger partial charge in [0.1, 0.15) is 22.6 Å². The van der Waals surface area contributed by atoms with Crippen LogP contribution in [0.3, 0.4) is 0 Å². The van der Waals surface area contributed by atoms with Gasteiger partial charge in [0.2, 0.25) is 5.95 Å². The van der Waals surface area contributed by atoms with Gasteiger partial charge in [0.25, 0.3) is 5.56 Å². The van der Waals surface area contributed by atoms with Gasteiger partial charge in [-0.05, 0) is 36.1 Å². The molecule has 0 saturated heterocycles. The van der Waals surface area contributed by atoms with Gasteiger partial charge < -0.3 is 15.2 Å². The van der Waals surface area contributed by atoms with Crippen LogP contribution in [0.5, 0.6) is 0 Å². The Morgan fingerprint density at radius 3 is 2.66 bits per heavy atom. The zero-order chi connectivity index (χ0) is 26.0. The normalized spacial score (nSPS) is 15.6. The van der Waals surface area contributed by atoms with Crippen LogP contribution in [-0.2, 0) is 19.0 Å². The lowest BCUT2D eigenvalue weighted by atomic mass is 9.88. The van der Waals surface area contributed by atoms with E-state index in [2.05, 4.69) is 48.9 Å². The highest BCUT2D eigenvalue weighted by Crippen LogP contribution is 2.50. The topological polar surface area (TPSA) is 115 Å². The molecule has 7 rings (SSSR count). The lowest BCUT2D eigenvalue weighted by Gasteiger charge is -2.26. The third-order valence-electron chi connectivity index (χ3n) is 7.19. The summed E-state index contributed by atoms with van der Waals surface area (Å²) in [5, 5.41) is 12.1. The van der Waals surface area contributed by atoms with Crippen LogP contribution in [0.2, 0.25) is 10.0 Å². The van der Waals surface area contributed by atoms with Gasteiger partial charge in [0, 0.05) is 56.0 Å². The second-order valence-corrected chi connectivity index (χ2v) is 10.6. The molecule has 190 valence electrons. The van der Waals surface area contributed by atoms with Crippen molar-refractivity contribution in [2.45, 2.75) is 24.8 Å². The standard InChI is InChI=1S/C26H21Cl2N9O/c1-36-11-20(32-13-36)22-21-16(24(38)37(35-22)23-18(27)9-29-10-19(23)28)8-31-25(34-21)33-15-2-3-17-14(6-15)7-30-12-26(17)4-5-26/h2-3,6,8-11,13,30H,4-5,7,12H2,1H3,(H,31,33,34). The van der Waals surface area contributed by atoms with Crippen LogP contribution in [-0.4, -0.2) is 40.8 Å². The maximum atomic E-state index is 13.5. The number of fused-ring (bicyclic) bond motifs is 3. The molecule has 12 heteroatoms. The minimum atomic E-state index is -0.462. The zero-order valence-corrected chi connectivity index (χ0v) is 21.8. The Morgan fingerprint density at radius 1 is 1.11 bits per heavy atom. The minimum absolute atomic E-state index is 0.188. The summed E-state index contributed by atoms with van der Waals surface area (Å²) in [4.78, 5) is 31.1. The Balaban J connectivity index is 1.36. The van der Waals surface area contributed by atoms with Crippen LogP contribution in [0, 0.1) is 0 Å². The maximum Gasteiger partial charge on any atom is 0.282 e. The Hall–Kier alpha value is -3.86. The Kier molecular flexibility index (Phi) is 5.26. The van der Waals surface area contributed by atoms with Crippen molar-refractivity contribution >= 4 is 45.7 Å². The summed E-state index contributed by atoms with van der Waals surface area (Å²) >= 11 is 12.7. The number of halogens is 2. The summed E-state index contributed by atoms with van der Waals surface area (Å²) in [5.74, 6) is 0.346. The molecule has 38 heavy (non-hydrogen) atoms. The average Bonchev–Trinajstić information content (AvgIpc) is 3.54. The predicted octanol–water partition coefficient (Wildman–Crippen LogP) is 4.16. The van der Waals surface area contributed by atoms with Crippen LogP contribution in [0.15, 0.2) is 54.1 Å². The van der Waals surface area contributed by atoms with Crippen LogP contribution in [0.25, 0.3) is 28.0 Å². The number of nitrogens with zero attached hydrogens (tertiary/aromatic N) is 7. The lowest BCUT2D eigenvalue weighted by molar-refractivity contribution is 0.531. The van der Waals surface area contributed by atoms with Crippen molar-refractivity contribution < 1.29 is 0 Å². The van der Waals surface area contributed by atoms with E-state index < -0.39 is 5.56 Å². The molecule has 2 aliphatic rings. The number of aromatic nitrogens is 7. The highest BCUT2D eigenvalue weighted by atomic mass is 35.5. The Labute approximate surface area is 226 Å². The summed E-state index contributed by atoms with van der Waals surface area (Å²) in [5.41, 5.74) is 4.93. The van der Waals surface area contributed by atoms with Gasteiger partial charge >= 0.3 is 0 Å². The van der Waals surface area contributed by atoms with Crippen molar-refractivity contribution in [1.29, 1.82) is 0 Å². The van der Waals surface area contributed by atoms with Gasteiger partial charge in [-0.25, -0.2) is 15.0 Å². The fourth-order valence-electron chi connectivity index (χ4n) is 5.14. The molecule has 1 fully saturated rings. The van der Waals surface area contributed by atoms with Gasteiger partial charge in [0.15, 0.2) is 0 Å². The van der Waals surface area contributed by atoms with E-state index in [9.17, 15) is 4.79 Å². The van der Waals surface area contributed by atoms with E-state index in [1.165, 1.54) is 42.6 Å². The summed E-state index contributed by atoms with van der Waals surface area (Å²) < 4.78 is 2.94. The Bertz CT molecular complexity index is 1790. The first-order valence-electron chi connectivity index (χ1n) is 12.1. The van der Waals surface area contributed by atoms with Crippen LogP contribution in [0.1, 0.15) is 24.0 Å². The zero-order valence-electron chi connectivity index (χ0n) is 20.2. The second-order valence-electron chi connectivity index (χ2n) is 9.78. The van der Waals surface area contributed by atoms with Gasteiger partial charge in [-0.3, -0.25) is 9.78 Å². The first kappa shape index (κ1) is 23.3. The monoisotopic (exact) mass is 545 g/mol. The number of hydrogen-bond acceptors (Lipinski definition) is 8. The molecule has 0 amide bonds. The molecule has 1 aromatic carbocycles. The number of hydrogen-bond donors (Lipinski definition) is 2. The smallest absolute Gasteiger partial charge is 0.282 e. The van der Waals surface area contributed by atoms with E-state index in [0.717, 1.165) is 23.5 Å². The molecule has 4 aromatic heterocycles. The number of aryl methyl sites for hydroxylation is 1. The molecular formula is C26H21Cl2N9O. The van der Waals surface area contributed by atoms with E-state index in [1.54, 1.807) is 17.1 Å². The van der Waals surface area contributed by atoms with Crippen molar-refractivity contribution in [3.05, 3.63) is 80.8 Å². The van der Waals surface area contributed by atoms with Crippen molar-refractivity contribution in [3.8, 4) is 17.1 Å². The number of nitrogens with one attached hydrogen (secondary N) is 2. The molecule has 2 N–H and O–H groups in total. The molecule has 1 aliphatic heterocycles. The second kappa shape index (κ2) is 8.59. The van der Waals surface area contributed by atoms with E-state index in [1.807, 2.05) is 7.05 Å². The van der Waals surface area contributed by atoms with Crippen molar-refractivity contribution in [1.82, 2.24) is 39.6 Å². The van der Waals surface area contributed by atoms with Gasteiger partial charge in [-0.15, -0.1) is 0 Å². The number of benzene rings is 1. The number of pyridine rings is 1. The molecule has 0 bridgehead atoms. The molecule has 0 radical (unpaired) electrons. The number of anilines is 2. The maximum absolute atomic E-state index is 13.5. The fraction of sp³-hybridized carbons (Fsp3) is 0.231. The molecule has 10 nitrogen and oxygen atoms in total. The quantitative estimate of drug-likeness (QED) is 0.346. The average molecular weight is 546 g/mol. The van der Waals surface area contributed by atoms with E-state index in [-0.39, 0.29) is 21.1 Å². The molecule has 5 heterocycles. The van der Waals surface area contributed by atoms with Crippen molar-refractivity contribution in [2.75, 3.05) is 11.9 Å². The molecule has 1 spiro atoms. The molecule has 1 aliphatic carbocycles. The van der Waals surface area contributed by atoms with Gasteiger partial charge in [0.05, 0.1) is 21.8 Å². The molecule has 1 saturated carbocycles. The van der Waals surface area contributed by atoms with Crippen molar-refractivity contribution in [2.24, 2.45) is 7.05 Å². The Morgan fingerprint density at radius 2 is 1.92 bits per heavy atom. The van der Waals surface area contributed by atoms with Crippen LogP contribution in [0.4, 0.5) is 11.6 Å². The summed E-state index contributed by atoms with van der Waals surface area (Å²) in [6.45, 7) is 1.87. The molecule has 0 unspecified atom stereocenters. The summed E-state index contributed by atoms with van der Waals surface area (Å²) in [6, 6.07) is 6.40. The SMILES string of the molecule is Cn1cnc(-c2nn(-c3c(Cl)cncc3Cl)c(=O)c3cnc(Nc4ccc5c(c4)CNCC54CC4)nc23)c1. The molecule has 5 aromatic rings. The van der Waals surface area contributed by atoms with E-state index >= 15 is 0 Å². The van der Waals surface area contributed by atoms with Gasteiger partial charge in [-0.2, -0.15) is 9.78 Å². The van der Waals surface area contributed by atoms with Gasteiger partial charge in [-0.1, -0.05) is 29.3 Å². The van der Waals surface area contributed by atoms with E-state index in [4.69, 9.17) is 28.2 Å². The van der Waals surface area contributed by atoms with Crippen LogP contribution < -0.4 is 16.2 Å². The lowest BCUT2D eigenvalue weighted by Crippen LogP contribution is -2.33. The first-order chi connectivity index (χ1) is 18.4. The summed E-state index contributed by atoms with van der Waals surface area (Å²) in [7, 11) is 1.85. The predicted molar refractivity (Wildman–Crippen MR) is 145 cm³/mol. The highest BCUT2D eigenvalue weighted by Gasteiger charge is 2.46. The number of imidazole rings is 1. The number of rotatable bonds is 4. The van der Waals surface area contributed by atoms with Crippen LogP contribution >= 0.6 is 23.2 Å². The largest absolute Gasteiger partial charge is 0.340 e. The molecule has 0 atom stereocenters. The molecular weight excluding hydrogens is 525 g/mol. The fourth-order valence-corrected chi connectivity index (χ4v) is 5.67. The highest BCUT2D eigenvalue weighted by molar-refractivity contribution is 6.37. The summed E-state index contributed by atoms with van der Waals surface area (Å²) in [6.07, 6.45) is 10.2.